The summed E-state index contributed by atoms with van der Waals surface area (Å²) in [5, 5.41) is 3.45. The first-order valence-electron chi connectivity index (χ1n) is 5.01. The first-order valence-corrected chi connectivity index (χ1v) is 5.01. The van der Waals surface area contributed by atoms with Gasteiger partial charge in [0.2, 0.25) is 0 Å². The van der Waals surface area contributed by atoms with Gasteiger partial charge in [-0.05, 0) is 40.7 Å². The van der Waals surface area contributed by atoms with Crippen LogP contribution in [0.4, 0.5) is 0 Å². The third-order valence-corrected chi connectivity index (χ3v) is 2.84. The highest BCUT2D eigenvalue weighted by Gasteiger charge is 2.29. The summed E-state index contributed by atoms with van der Waals surface area (Å²) >= 11 is 0. The van der Waals surface area contributed by atoms with E-state index in [9.17, 15) is 0 Å². The Hall–Kier alpha value is -0.0800. The molecule has 0 atom stereocenters. The van der Waals surface area contributed by atoms with E-state index in [-0.39, 0.29) is 0 Å². The third kappa shape index (κ3) is 2.20. The van der Waals surface area contributed by atoms with Gasteiger partial charge >= 0.3 is 0 Å². The summed E-state index contributed by atoms with van der Waals surface area (Å²) in [5.74, 6) is 0. The third-order valence-electron chi connectivity index (χ3n) is 2.84. The van der Waals surface area contributed by atoms with Crippen LogP contribution in [-0.4, -0.2) is 36.1 Å². The summed E-state index contributed by atoms with van der Waals surface area (Å²) in [6.07, 6.45) is 1.26. The molecule has 0 amide bonds. The summed E-state index contributed by atoms with van der Waals surface area (Å²) in [4.78, 5) is 2.59. The molecule has 1 saturated heterocycles. The SMILES string of the molecule is CC(C)N1CCNCCC1(C)C. The molecule has 1 rings (SSSR count). The van der Waals surface area contributed by atoms with Gasteiger partial charge in [0, 0.05) is 24.7 Å². The van der Waals surface area contributed by atoms with Crippen molar-refractivity contribution in [3.63, 3.8) is 0 Å². The number of hydrogen-bond donors (Lipinski definition) is 1. The van der Waals surface area contributed by atoms with Gasteiger partial charge in [0.15, 0.2) is 0 Å². The fourth-order valence-electron chi connectivity index (χ4n) is 2.12. The van der Waals surface area contributed by atoms with E-state index in [4.69, 9.17) is 0 Å². The topological polar surface area (TPSA) is 15.3 Å². The number of hydrogen-bond acceptors (Lipinski definition) is 2. The van der Waals surface area contributed by atoms with Crippen LogP contribution in [0.15, 0.2) is 0 Å². The fraction of sp³-hybridized carbons (Fsp3) is 1.00. The van der Waals surface area contributed by atoms with E-state index in [2.05, 4.69) is 37.9 Å². The van der Waals surface area contributed by atoms with Crippen LogP contribution in [0.5, 0.6) is 0 Å². The van der Waals surface area contributed by atoms with Crippen LogP contribution >= 0.6 is 0 Å². The predicted octanol–water partition coefficient (Wildman–Crippen LogP) is 1.47. The molecular weight excluding hydrogens is 148 g/mol. The standard InChI is InChI=1S/C10H22N2/c1-9(2)12-8-7-11-6-5-10(12,3)4/h9,11H,5-8H2,1-4H3. The quantitative estimate of drug-likeness (QED) is 0.641. The average Bonchev–Trinajstić information content (AvgIpc) is 2.09. The van der Waals surface area contributed by atoms with Gasteiger partial charge in [0.25, 0.3) is 0 Å². The Labute approximate surface area is 76.3 Å². The molecular formula is C10H22N2. The maximum atomic E-state index is 3.45. The summed E-state index contributed by atoms with van der Waals surface area (Å²) < 4.78 is 0. The van der Waals surface area contributed by atoms with Crippen LogP contribution in [0, 0.1) is 0 Å². The summed E-state index contributed by atoms with van der Waals surface area (Å²) in [7, 11) is 0. The lowest BCUT2D eigenvalue weighted by Gasteiger charge is -2.39. The molecule has 2 heteroatoms. The van der Waals surface area contributed by atoms with Gasteiger partial charge in [-0.25, -0.2) is 0 Å². The van der Waals surface area contributed by atoms with Crippen LogP contribution in [0.2, 0.25) is 0 Å². The molecule has 1 N–H and O–H groups in total. The van der Waals surface area contributed by atoms with Crippen molar-refractivity contribution in [2.45, 2.75) is 45.7 Å². The molecule has 0 aliphatic carbocycles. The van der Waals surface area contributed by atoms with E-state index in [1.807, 2.05) is 0 Å². The van der Waals surface area contributed by atoms with Crippen molar-refractivity contribution >= 4 is 0 Å². The van der Waals surface area contributed by atoms with Crippen molar-refractivity contribution in [2.75, 3.05) is 19.6 Å². The van der Waals surface area contributed by atoms with Gasteiger partial charge in [0.1, 0.15) is 0 Å². The largest absolute Gasteiger partial charge is 0.315 e. The van der Waals surface area contributed by atoms with Gasteiger partial charge in [0.05, 0.1) is 0 Å². The zero-order valence-corrected chi connectivity index (χ0v) is 8.85. The average molecular weight is 170 g/mol. The van der Waals surface area contributed by atoms with Gasteiger partial charge < -0.3 is 5.32 Å². The normalized spacial score (nSPS) is 25.8. The highest BCUT2D eigenvalue weighted by Crippen LogP contribution is 2.21. The van der Waals surface area contributed by atoms with Crippen molar-refractivity contribution in [3.8, 4) is 0 Å². The minimum Gasteiger partial charge on any atom is -0.315 e. The number of nitrogens with one attached hydrogen (secondary N) is 1. The zero-order chi connectivity index (χ0) is 9.19. The first-order chi connectivity index (χ1) is 5.54. The lowest BCUT2D eigenvalue weighted by molar-refractivity contribution is 0.0925. The number of nitrogens with zero attached hydrogens (tertiary/aromatic N) is 1. The molecule has 0 aromatic rings. The molecule has 0 aromatic carbocycles. The summed E-state index contributed by atoms with van der Waals surface area (Å²) in [6, 6.07) is 0.667. The van der Waals surface area contributed by atoms with Gasteiger partial charge in [-0.15, -0.1) is 0 Å². The second kappa shape index (κ2) is 3.75. The van der Waals surface area contributed by atoms with E-state index in [0.717, 1.165) is 13.1 Å². The van der Waals surface area contributed by atoms with E-state index in [1.165, 1.54) is 13.0 Å². The highest BCUT2D eigenvalue weighted by atomic mass is 15.2. The molecule has 1 fully saturated rings. The summed E-state index contributed by atoms with van der Waals surface area (Å²) in [6.45, 7) is 12.8. The Kier molecular flexibility index (Phi) is 3.13. The molecule has 1 aliphatic rings. The Balaban J connectivity index is 2.65. The predicted molar refractivity (Wildman–Crippen MR) is 53.4 cm³/mol. The van der Waals surface area contributed by atoms with Gasteiger partial charge in [-0.1, -0.05) is 0 Å². The monoisotopic (exact) mass is 170 g/mol. The maximum absolute atomic E-state index is 3.45. The maximum Gasteiger partial charge on any atom is 0.0168 e. The number of rotatable bonds is 1. The first kappa shape index (κ1) is 10.0. The second-order valence-electron chi connectivity index (χ2n) is 4.60. The van der Waals surface area contributed by atoms with Crippen molar-refractivity contribution < 1.29 is 0 Å². The molecule has 1 heterocycles. The molecule has 0 spiro atoms. The van der Waals surface area contributed by atoms with Crippen molar-refractivity contribution in [2.24, 2.45) is 0 Å². The molecule has 2 nitrogen and oxygen atoms in total. The molecule has 72 valence electrons. The van der Waals surface area contributed by atoms with Gasteiger partial charge in [-0.3, -0.25) is 4.90 Å². The summed E-state index contributed by atoms with van der Waals surface area (Å²) in [5.41, 5.74) is 0.373. The molecule has 1 aliphatic heterocycles. The molecule has 0 saturated carbocycles. The van der Waals surface area contributed by atoms with Crippen LogP contribution in [-0.2, 0) is 0 Å². The van der Waals surface area contributed by atoms with Crippen LogP contribution in [0.3, 0.4) is 0 Å². The molecule has 0 unspecified atom stereocenters. The minimum absolute atomic E-state index is 0.373. The Morgan fingerprint density at radius 2 is 1.92 bits per heavy atom. The lowest BCUT2D eigenvalue weighted by Crippen LogP contribution is -2.48. The van der Waals surface area contributed by atoms with Crippen molar-refractivity contribution in [3.05, 3.63) is 0 Å². The molecule has 0 bridgehead atoms. The van der Waals surface area contributed by atoms with Crippen molar-refractivity contribution in [1.29, 1.82) is 0 Å². The molecule has 12 heavy (non-hydrogen) atoms. The highest BCUT2D eigenvalue weighted by molar-refractivity contribution is 4.87. The second-order valence-corrected chi connectivity index (χ2v) is 4.60. The van der Waals surface area contributed by atoms with Crippen LogP contribution in [0.1, 0.15) is 34.1 Å². The Bertz CT molecular complexity index is 141. The van der Waals surface area contributed by atoms with Crippen LogP contribution < -0.4 is 5.32 Å². The smallest absolute Gasteiger partial charge is 0.0168 e. The van der Waals surface area contributed by atoms with Crippen LogP contribution in [0.25, 0.3) is 0 Å². The lowest BCUT2D eigenvalue weighted by atomic mass is 9.97. The Morgan fingerprint density at radius 3 is 2.50 bits per heavy atom. The Morgan fingerprint density at radius 1 is 1.25 bits per heavy atom. The van der Waals surface area contributed by atoms with Gasteiger partial charge in [-0.2, -0.15) is 0 Å². The minimum atomic E-state index is 0.373. The van der Waals surface area contributed by atoms with E-state index >= 15 is 0 Å². The van der Waals surface area contributed by atoms with E-state index in [0.29, 0.717) is 11.6 Å². The van der Waals surface area contributed by atoms with E-state index < -0.39 is 0 Å². The van der Waals surface area contributed by atoms with Crippen molar-refractivity contribution in [1.82, 2.24) is 10.2 Å². The zero-order valence-electron chi connectivity index (χ0n) is 8.85. The molecule has 0 aromatic heterocycles. The van der Waals surface area contributed by atoms with E-state index in [1.54, 1.807) is 0 Å². The molecule has 0 radical (unpaired) electrons. The fourth-order valence-corrected chi connectivity index (χ4v) is 2.12.